The van der Waals surface area contributed by atoms with Gasteiger partial charge in [-0.25, -0.2) is 0 Å². The number of rotatable bonds is 5. The molecule has 0 heterocycles. The molecule has 0 unspecified atom stereocenters. The van der Waals surface area contributed by atoms with Crippen LogP contribution in [0.5, 0.6) is 5.75 Å². The summed E-state index contributed by atoms with van der Waals surface area (Å²) in [4.78, 5) is 33.6. The molecule has 1 rings (SSSR count). The molecular weight excluding hydrogens is 262 g/mol. The number of nitrogens with one attached hydrogen (secondary N) is 3. The molecule has 7 nitrogen and oxygen atoms in total. The van der Waals surface area contributed by atoms with Crippen LogP contribution in [0.25, 0.3) is 0 Å². The van der Waals surface area contributed by atoms with Crippen LogP contribution in [0.15, 0.2) is 24.3 Å². The van der Waals surface area contributed by atoms with Crippen molar-refractivity contribution in [1.82, 2.24) is 10.6 Å². The molecule has 0 fully saturated rings. The summed E-state index contributed by atoms with van der Waals surface area (Å²) in [5, 5.41) is 6.94. The molecule has 0 atom stereocenters. The van der Waals surface area contributed by atoms with E-state index in [1.54, 1.807) is 24.3 Å². The van der Waals surface area contributed by atoms with Crippen molar-refractivity contribution in [2.75, 3.05) is 25.5 Å². The molecule has 3 N–H and O–H groups in total. The molecule has 0 aliphatic heterocycles. The first kappa shape index (κ1) is 15.5. The predicted molar refractivity (Wildman–Crippen MR) is 73.3 cm³/mol. The van der Waals surface area contributed by atoms with Crippen LogP contribution in [0.4, 0.5) is 5.69 Å². The molecule has 0 bridgehead atoms. The number of ether oxygens (including phenoxy) is 1. The number of amides is 3. The minimum absolute atomic E-state index is 0.278. The second-order valence-electron chi connectivity index (χ2n) is 3.77. The standard InChI is InChI=1S/C13H17N3O4/c1-3-20-10-6-4-9(5-7-10)16-11(17)8-15-13(19)12(18)14-2/h4-7H,3,8H2,1-2H3,(H,14,18)(H,15,19)(H,16,17). The maximum atomic E-state index is 11.5. The quantitative estimate of drug-likeness (QED) is 0.655. The third kappa shape index (κ3) is 4.97. The van der Waals surface area contributed by atoms with Crippen LogP contribution < -0.4 is 20.7 Å². The number of anilines is 1. The Balaban J connectivity index is 2.42. The van der Waals surface area contributed by atoms with E-state index in [2.05, 4.69) is 16.0 Å². The van der Waals surface area contributed by atoms with Gasteiger partial charge in [-0.2, -0.15) is 0 Å². The van der Waals surface area contributed by atoms with E-state index in [9.17, 15) is 14.4 Å². The Morgan fingerprint density at radius 3 is 2.30 bits per heavy atom. The minimum Gasteiger partial charge on any atom is -0.494 e. The third-order valence-electron chi connectivity index (χ3n) is 2.29. The Morgan fingerprint density at radius 1 is 1.10 bits per heavy atom. The highest BCUT2D eigenvalue weighted by Gasteiger charge is 2.12. The molecule has 0 aromatic heterocycles. The molecule has 0 aliphatic carbocycles. The lowest BCUT2D eigenvalue weighted by atomic mass is 10.3. The molecule has 3 amide bonds. The lowest BCUT2D eigenvalue weighted by molar-refractivity contribution is -0.139. The van der Waals surface area contributed by atoms with Crippen molar-refractivity contribution in [1.29, 1.82) is 0 Å². The van der Waals surface area contributed by atoms with Gasteiger partial charge in [0, 0.05) is 12.7 Å². The molecule has 7 heteroatoms. The number of benzene rings is 1. The Bertz CT molecular complexity index is 485. The lowest BCUT2D eigenvalue weighted by Crippen LogP contribution is -2.41. The van der Waals surface area contributed by atoms with Crippen molar-refractivity contribution < 1.29 is 19.1 Å². The summed E-state index contributed by atoms with van der Waals surface area (Å²) in [6.45, 7) is 2.17. The molecule has 108 valence electrons. The first-order chi connectivity index (χ1) is 9.56. The zero-order chi connectivity index (χ0) is 15.0. The fraction of sp³-hybridized carbons (Fsp3) is 0.308. The third-order valence-corrected chi connectivity index (χ3v) is 2.29. The van der Waals surface area contributed by atoms with E-state index in [-0.39, 0.29) is 6.54 Å². The van der Waals surface area contributed by atoms with Crippen molar-refractivity contribution in [3.63, 3.8) is 0 Å². The van der Waals surface area contributed by atoms with Crippen LogP contribution in [-0.4, -0.2) is 37.9 Å². The Kier molecular flexibility index (Phi) is 6.02. The monoisotopic (exact) mass is 279 g/mol. The molecule has 0 aliphatic rings. The molecular formula is C13H17N3O4. The van der Waals surface area contributed by atoms with E-state index >= 15 is 0 Å². The summed E-state index contributed by atoms with van der Waals surface area (Å²) in [6.07, 6.45) is 0. The SMILES string of the molecule is CCOc1ccc(NC(=O)CNC(=O)C(=O)NC)cc1. The number of hydrogen-bond acceptors (Lipinski definition) is 4. The van der Waals surface area contributed by atoms with E-state index in [4.69, 9.17) is 4.74 Å². The van der Waals surface area contributed by atoms with E-state index in [0.717, 1.165) is 0 Å². The first-order valence-electron chi connectivity index (χ1n) is 6.09. The van der Waals surface area contributed by atoms with Crippen molar-refractivity contribution >= 4 is 23.4 Å². The Morgan fingerprint density at radius 2 is 1.75 bits per heavy atom. The van der Waals surface area contributed by atoms with Gasteiger partial charge in [0.1, 0.15) is 5.75 Å². The highest BCUT2D eigenvalue weighted by Crippen LogP contribution is 2.15. The number of carbonyl (C=O) groups is 3. The molecule has 1 aromatic carbocycles. The summed E-state index contributed by atoms with van der Waals surface area (Å²) in [5.41, 5.74) is 0.577. The van der Waals surface area contributed by atoms with Gasteiger partial charge in [0.15, 0.2) is 0 Å². The van der Waals surface area contributed by atoms with Gasteiger partial charge in [0.2, 0.25) is 5.91 Å². The number of hydrogen-bond donors (Lipinski definition) is 3. The van der Waals surface area contributed by atoms with E-state index < -0.39 is 17.7 Å². The Labute approximate surface area is 116 Å². The lowest BCUT2D eigenvalue weighted by Gasteiger charge is -2.07. The van der Waals surface area contributed by atoms with Crippen molar-refractivity contribution in [2.45, 2.75) is 6.92 Å². The maximum Gasteiger partial charge on any atom is 0.309 e. The molecule has 0 saturated heterocycles. The second-order valence-corrected chi connectivity index (χ2v) is 3.77. The van der Waals surface area contributed by atoms with Crippen LogP contribution in [0, 0.1) is 0 Å². The summed E-state index contributed by atoms with van der Waals surface area (Å²) in [7, 11) is 1.34. The fourth-order valence-electron chi connectivity index (χ4n) is 1.36. The van der Waals surface area contributed by atoms with Gasteiger partial charge in [0.05, 0.1) is 13.2 Å². The van der Waals surface area contributed by atoms with Gasteiger partial charge in [-0.3, -0.25) is 14.4 Å². The highest BCUT2D eigenvalue weighted by atomic mass is 16.5. The minimum atomic E-state index is -0.852. The van der Waals surface area contributed by atoms with Crippen molar-refractivity contribution in [3.05, 3.63) is 24.3 Å². The normalized spacial score (nSPS) is 9.50. The van der Waals surface area contributed by atoms with Crippen molar-refractivity contribution in [3.8, 4) is 5.75 Å². The fourth-order valence-corrected chi connectivity index (χ4v) is 1.36. The van der Waals surface area contributed by atoms with Gasteiger partial charge >= 0.3 is 11.8 Å². The van der Waals surface area contributed by atoms with E-state index in [1.165, 1.54) is 7.05 Å². The van der Waals surface area contributed by atoms with Crippen LogP contribution in [0.2, 0.25) is 0 Å². The molecule has 0 radical (unpaired) electrons. The molecule has 20 heavy (non-hydrogen) atoms. The second kappa shape index (κ2) is 7.78. The molecule has 0 saturated carbocycles. The van der Waals surface area contributed by atoms with Gasteiger partial charge in [-0.05, 0) is 31.2 Å². The van der Waals surface area contributed by atoms with Crippen LogP contribution in [0.3, 0.4) is 0 Å². The summed E-state index contributed by atoms with van der Waals surface area (Å²) < 4.78 is 5.27. The van der Waals surface area contributed by atoms with Crippen LogP contribution >= 0.6 is 0 Å². The van der Waals surface area contributed by atoms with Crippen LogP contribution in [0.1, 0.15) is 6.92 Å². The van der Waals surface area contributed by atoms with Crippen LogP contribution in [-0.2, 0) is 14.4 Å². The zero-order valence-electron chi connectivity index (χ0n) is 11.4. The smallest absolute Gasteiger partial charge is 0.309 e. The van der Waals surface area contributed by atoms with Gasteiger partial charge in [0.25, 0.3) is 0 Å². The van der Waals surface area contributed by atoms with E-state index in [1.807, 2.05) is 6.92 Å². The molecule has 0 spiro atoms. The number of carbonyl (C=O) groups excluding carboxylic acids is 3. The average Bonchev–Trinajstić information content (AvgIpc) is 2.46. The largest absolute Gasteiger partial charge is 0.494 e. The molecule has 1 aromatic rings. The Hall–Kier alpha value is -2.57. The first-order valence-corrected chi connectivity index (χ1v) is 6.09. The van der Waals surface area contributed by atoms with Gasteiger partial charge in [-0.1, -0.05) is 0 Å². The highest BCUT2D eigenvalue weighted by molar-refractivity contribution is 6.35. The van der Waals surface area contributed by atoms with Crippen molar-refractivity contribution in [2.24, 2.45) is 0 Å². The summed E-state index contributed by atoms with van der Waals surface area (Å²) in [6, 6.07) is 6.82. The summed E-state index contributed by atoms with van der Waals surface area (Å²) >= 11 is 0. The summed E-state index contributed by atoms with van der Waals surface area (Å²) in [5.74, 6) is -1.36. The van der Waals surface area contributed by atoms with Gasteiger partial charge < -0.3 is 20.7 Å². The topological polar surface area (TPSA) is 96.5 Å². The average molecular weight is 279 g/mol. The predicted octanol–water partition coefficient (Wildman–Crippen LogP) is -0.114. The van der Waals surface area contributed by atoms with Gasteiger partial charge in [-0.15, -0.1) is 0 Å². The maximum absolute atomic E-state index is 11.5. The van der Waals surface area contributed by atoms with E-state index in [0.29, 0.717) is 18.0 Å². The number of likely N-dealkylation sites (N-methyl/N-ethyl adjacent to an activating group) is 1. The zero-order valence-corrected chi connectivity index (χ0v) is 11.4.